The molecule has 0 radical (unpaired) electrons. The van der Waals surface area contributed by atoms with Gasteiger partial charge in [-0.05, 0) is 25.3 Å². The van der Waals surface area contributed by atoms with Crippen molar-refractivity contribution in [3.8, 4) is 0 Å². The second-order valence-electron chi connectivity index (χ2n) is 4.20. The SMILES string of the molecule is C=C(Br)CC(=CC(=O)OC(C)(C)C)C(=O)O. The Bertz CT molecular complexity index is 336. The highest BCUT2D eigenvalue weighted by molar-refractivity contribution is 9.11. The van der Waals surface area contributed by atoms with Crippen LogP contribution in [0.2, 0.25) is 0 Å². The van der Waals surface area contributed by atoms with Gasteiger partial charge < -0.3 is 9.84 Å². The summed E-state index contributed by atoms with van der Waals surface area (Å²) in [5, 5.41) is 8.83. The molecule has 0 bridgehead atoms. The number of carboxylic acid groups (broad SMARTS) is 1. The molecule has 16 heavy (non-hydrogen) atoms. The third-order valence-corrected chi connectivity index (χ3v) is 1.64. The molecular weight excluding hydrogens is 276 g/mol. The zero-order valence-corrected chi connectivity index (χ0v) is 11.1. The average Bonchev–Trinajstić information content (AvgIpc) is 1.97. The number of halogens is 1. The van der Waals surface area contributed by atoms with Crippen LogP contribution < -0.4 is 0 Å². The number of allylic oxidation sites excluding steroid dienone is 1. The molecule has 0 aromatic heterocycles. The lowest BCUT2D eigenvalue weighted by Gasteiger charge is -2.18. The molecule has 90 valence electrons. The molecule has 0 heterocycles. The maximum atomic E-state index is 11.3. The van der Waals surface area contributed by atoms with Crippen LogP contribution in [0.25, 0.3) is 0 Å². The Kier molecular flexibility index (Phi) is 5.44. The molecule has 0 spiro atoms. The molecule has 0 rings (SSSR count). The summed E-state index contributed by atoms with van der Waals surface area (Å²) < 4.78 is 5.47. The third kappa shape index (κ3) is 7.23. The van der Waals surface area contributed by atoms with Gasteiger partial charge in [0.15, 0.2) is 0 Å². The summed E-state index contributed by atoms with van der Waals surface area (Å²) in [4.78, 5) is 22.1. The predicted molar refractivity (Wildman–Crippen MR) is 64.2 cm³/mol. The third-order valence-electron chi connectivity index (χ3n) is 1.36. The van der Waals surface area contributed by atoms with Gasteiger partial charge in [0, 0.05) is 18.1 Å². The molecular formula is C11H15BrO4. The number of ether oxygens (including phenoxy) is 1. The normalized spacial score (nSPS) is 12.1. The molecule has 0 aliphatic heterocycles. The molecule has 5 heteroatoms. The van der Waals surface area contributed by atoms with Gasteiger partial charge in [0.1, 0.15) is 5.60 Å². The van der Waals surface area contributed by atoms with Crippen molar-refractivity contribution in [1.82, 2.24) is 0 Å². The van der Waals surface area contributed by atoms with Crippen LogP contribution in [0.15, 0.2) is 22.7 Å². The first-order valence-corrected chi connectivity index (χ1v) is 5.41. The van der Waals surface area contributed by atoms with Gasteiger partial charge in [-0.25, -0.2) is 9.59 Å². The number of carboxylic acids is 1. The number of hydrogen-bond donors (Lipinski definition) is 1. The minimum Gasteiger partial charge on any atom is -0.478 e. The molecule has 0 saturated carbocycles. The van der Waals surface area contributed by atoms with Crippen LogP contribution in [-0.2, 0) is 14.3 Å². The summed E-state index contributed by atoms with van der Waals surface area (Å²) in [7, 11) is 0. The van der Waals surface area contributed by atoms with E-state index in [9.17, 15) is 9.59 Å². The fourth-order valence-electron chi connectivity index (χ4n) is 0.869. The molecule has 0 aromatic carbocycles. The van der Waals surface area contributed by atoms with Gasteiger partial charge in [-0.15, -0.1) is 0 Å². The predicted octanol–water partition coefficient (Wildman–Crippen LogP) is 2.64. The van der Waals surface area contributed by atoms with Crippen molar-refractivity contribution in [1.29, 1.82) is 0 Å². The minimum absolute atomic E-state index is 0.0591. The molecule has 0 aromatic rings. The lowest BCUT2D eigenvalue weighted by atomic mass is 10.1. The van der Waals surface area contributed by atoms with Crippen LogP contribution in [-0.4, -0.2) is 22.6 Å². The molecule has 0 amide bonds. The second kappa shape index (κ2) is 5.84. The number of esters is 1. The Morgan fingerprint density at radius 2 is 1.94 bits per heavy atom. The van der Waals surface area contributed by atoms with Crippen molar-refractivity contribution in [2.24, 2.45) is 0 Å². The fraction of sp³-hybridized carbons (Fsp3) is 0.455. The van der Waals surface area contributed by atoms with Crippen LogP contribution in [0.3, 0.4) is 0 Å². The van der Waals surface area contributed by atoms with E-state index in [1.165, 1.54) is 0 Å². The van der Waals surface area contributed by atoms with E-state index in [0.717, 1.165) is 6.08 Å². The molecule has 1 N–H and O–H groups in total. The maximum Gasteiger partial charge on any atom is 0.332 e. The van der Waals surface area contributed by atoms with Crippen molar-refractivity contribution >= 4 is 27.9 Å². The first-order chi connectivity index (χ1) is 7.11. The molecule has 0 aliphatic rings. The summed E-state index contributed by atoms with van der Waals surface area (Å²) in [6.07, 6.45) is 1.05. The van der Waals surface area contributed by atoms with E-state index >= 15 is 0 Å². The highest BCUT2D eigenvalue weighted by Gasteiger charge is 2.17. The van der Waals surface area contributed by atoms with E-state index < -0.39 is 17.5 Å². The van der Waals surface area contributed by atoms with E-state index in [0.29, 0.717) is 4.48 Å². The molecule has 4 nitrogen and oxygen atoms in total. The van der Waals surface area contributed by atoms with Crippen molar-refractivity contribution < 1.29 is 19.4 Å². The van der Waals surface area contributed by atoms with E-state index in [1.54, 1.807) is 20.8 Å². The van der Waals surface area contributed by atoms with E-state index in [1.807, 2.05) is 0 Å². The largest absolute Gasteiger partial charge is 0.478 e. The highest BCUT2D eigenvalue weighted by atomic mass is 79.9. The smallest absolute Gasteiger partial charge is 0.332 e. The summed E-state index contributed by atoms with van der Waals surface area (Å²) in [6, 6.07) is 0. The number of rotatable bonds is 4. The lowest BCUT2D eigenvalue weighted by molar-refractivity contribution is -0.149. The van der Waals surface area contributed by atoms with Crippen LogP contribution >= 0.6 is 15.9 Å². The maximum absolute atomic E-state index is 11.3. The molecule has 0 aliphatic carbocycles. The van der Waals surface area contributed by atoms with Gasteiger partial charge in [-0.2, -0.15) is 0 Å². The van der Waals surface area contributed by atoms with Gasteiger partial charge >= 0.3 is 11.9 Å². The van der Waals surface area contributed by atoms with Gasteiger partial charge in [-0.3, -0.25) is 0 Å². The minimum atomic E-state index is -1.16. The Hall–Kier alpha value is -1.10. The van der Waals surface area contributed by atoms with Crippen LogP contribution in [0, 0.1) is 0 Å². The fourth-order valence-corrected chi connectivity index (χ4v) is 1.17. The van der Waals surface area contributed by atoms with Crippen molar-refractivity contribution in [2.45, 2.75) is 32.8 Å². The van der Waals surface area contributed by atoms with Crippen LogP contribution in [0.4, 0.5) is 0 Å². The van der Waals surface area contributed by atoms with E-state index in [4.69, 9.17) is 9.84 Å². The summed E-state index contributed by atoms with van der Waals surface area (Å²) in [5.41, 5.74) is -0.695. The lowest BCUT2D eigenvalue weighted by Crippen LogP contribution is -2.23. The summed E-state index contributed by atoms with van der Waals surface area (Å²) >= 11 is 3.04. The highest BCUT2D eigenvalue weighted by Crippen LogP contribution is 2.16. The van der Waals surface area contributed by atoms with Crippen molar-refractivity contribution in [3.05, 3.63) is 22.7 Å². The Balaban J connectivity index is 4.73. The zero-order valence-electron chi connectivity index (χ0n) is 9.54. The molecule has 0 fully saturated rings. The zero-order chi connectivity index (χ0) is 12.9. The number of aliphatic carboxylic acids is 1. The van der Waals surface area contributed by atoms with Crippen LogP contribution in [0.1, 0.15) is 27.2 Å². The number of hydrogen-bond acceptors (Lipinski definition) is 3. The van der Waals surface area contributed by atoms with Gasteiger partial charge in [0.2, 0.25) is 0 Å². The van der Waals surface area contributed by atoms with Crippen molar-refractivity contribution in [2.75, 3.05) is 0 Å². The Morgan fingerprint density at radius 3 is 2.25 bits per heavy atom. The topological polar surface area (TPSA) is 63.6 Å². The van der Waals surface area contributed by atoms with Crippen molar-refractivity contribution in [3.63, 3.8) is 0 Å². The van der Waals surface area contributed by atoms with E-state index in [2.05, 4.69) is 22.5 Å². The summed E-state index contributed by atoms with van der Waals surface area (Å²) in [5.74, 6) is -1.83. The Morgan fingerprint density at radius 1 is 1.44 bits per heavy atom. The van der Waals surface area contributed by atoms with Gasteiger partial charge in [0.05, 0.1) is 0 Å². The standard InChI is InChI=1S/C11H15BrO4/c1-7(12)5-8(10(14)15)6-9(13)16-11(2,3)4/h6H,1,5H2,2-4H3,(H,14,15). The monoisotopic (exact) mass is 290 g/mol. The average molecular weight is 291 g/mol. The number of carbonyl (C=O) groups excluding carboxylic acids is 1. The second-order valence-corrected chi connectivity index (χ2v) is 5.32. The molecule has 0 atom stereocenters. The van der Waals surface area contributed by atoms with E-state index in [-0.39, 0.29) is 12.0 Å². The molecule has 0 saturated heterocycles. The summed E-state index contributed by atoms with van der Waals surface area (Å²) in [6.45, 7) is 8.65. The van der Waals surface area contributed by atoms with Crippen LogP contribution in [0.5, 0.6) is 0 Å². The Labute approximate surface area is 103 Å². The first kappa shape index (κ1) is 14.9. The first-order valence-electron chi connectivity index (χ1n) is 4.62. The quantitative estimate of drug-likeness (QED) is 0.639. The molecule has 0 unspecified atom stereocenters. The van der Waals surface area contributed by atoms with Gasteiger partial charge in [0.25, 0.3) is 0 Å². The van der Waals surface area contributed by atoms with Gasteiger partial charge in [-0.1, -0.05) is 22.5 Å². The number of carbonyl (C=O) groups is 2.